The molecule has 248 valence electrons. The number of nitrogens with zero attached hydrogens (tertiary/aromatic N) is 2. The third kappa shape index (κ3) is 6.81. The van der Waals surface area contributed by atoms with E-state index in [1.807, 2.05) is 61.5 Å². The number of benzene rings is 4. The number of hydrogen-bond acceptors (Lipinski definition) is 9. The molecule has 5 aromatic rings. The zero-order valence-corrected chi connectivity index (χ0v) is 28.2. The van der Waals surface area contributed by atoms with Crippen molar-refractivity contribution in [2.24, 2.45) is 0 Å². The molecule has 0 saturated carbocycles. The van der Waals surface area contributed by atoms with E-state index in [1.54, 1.807) is 49.4 Å². The van der Waals surface area contributed by atoms with Crippen molar-refractivity contribution in [3.63, 3.8) is 0 Å². The Labute approximate surface area is 288 Å². The van der Waals surface area contributed by atoms with Crippen molar-refractivity contribution in [2.75, 3.05) is 12.0 Å². The fraction of sp³-hybridized carbons (Fsp3) is 0.179. The number of ketones is 2. The third-order valence-electron chi connectivity index (χ3n) is 8.28. The van der Waals surface area contributed by atoms with E-state index in [2.05, 4.69) is 4.98 Å². The van der Waals surface area contributed by atoms with Crippen molar-refractivity contribution < 1.29 is 33.7 Å². The van der Waals surface area contributed by atoms with Crippen molar-refractivity contribution in [2.45, 2.75) is 40.0 Å². The Kier molecular flexibility index (Phi) is 9.59. The van der Waals surface area contributed by atoms with Crippen molar-refractivity contribution in [3.05, 3.63) is 141 Å². The Balaban J connectivity index is 1.38. The van der Waals surface area contributed by atoms with E-state index < -0.39 is 17.7 Å². The number of hydrogen-bond donors (Lipinski definition) is 1. The van der Waals surface area contributed by atoms with Gasteiger partial charge in [0, 0.05) is 12.5 Å². The van der Waals surface area contributed by atoms with Gasteiger partial charge in [0.15, 0.2) is 22.4 Å². The molecule has 1 aromatic heterocycles. The zero-order valence-electron chi connectivity index (χ0n) is 27.4. The maximum absolute atomic E-state index is 13.8. The number of thiazole rings is 1. The number of rotatable bonds is 11. The monoisotopic (exact) mass is 674 g/mol. The standard InChI is InChI=1S/C39H34N2O7S/c1-23-10-8-9-13-29(23)22-47-30-17-14-27(15-18-30)35(43)33-34(41(38(45)36(33)44)39-40-24(2)37(49-39)25(3)42)28-16-19-31(32(20-28)46-4)48-21-26-11-6-5-7-12-26/h5-20,34,43H,21-22H2,1-4H3. The van der Waals surface area contributed by atoms with Crippen LogP contribution >= 0.6 is 11.3 Å². The normalized spacial score (nSPS) is 15.3. The van der Waals surface area contributed by atoms with Gasteiger partial charge in [-0.1, -0.05) is 72.0 Å². The first-order valence-electron chi connectivity index (χ1n) is 15.6. The molecule has 1 aliphatic heterocycles. The summed E-state index contributed by atoms with van der Waals surface area (Å²) >= 11 is 1.02. The van der Waals surface area contributed by atoms with Crippen LogP contribution in [0.4, 0.5) is 5.13 Å². The molecule has 1 aliphatic rings. The number of aliphatic hydroxyl groups excluding tert-OH is 1. The largest absolute Gasteiger partial charge is 0.507 e. The molecule has 1 N–H and O–H groups in total. The average Bonchev–Trinajstić information content (AvgIpc) is 3.63. The first-order valence-corrected chi connectivity index (χ1v) is 16.4. The average molecular weight is 675 g/mol. The number of carbonyl (C=O) groups excluding carboxylic acids is 3. The fourth-order valence-corrected chi connectivity index (χ4v) is 6.65. The predicted octanol–water partition coefficient (Wildman–Crippen LogP) is 7.76. The Morgan fingerprint density at radius 1 is 0.878 bits per heavy atom. The molecule has 0 aliphatic carbocycles. The molecule has 49 heavy (non-hydrogen) atoms. The molecule has 1 amide bonds. The summed E-state index contributed by atoms with van der Waals surface area (Å²) in [7, 11) is 1.50. The van der Waals surface area contributed by atoms with E-state index >= 15 is 0 Å². The second-order valence-corrected chi connectivity index (χ2v) is 12.5. The maximum Gasteiger partial charge on any atom is 0.301 e. The molecule has 2 heterocycles. The Morgan fingerprint density at radius 3 is 2.27 bits per heavy atom. The van der Waals surface area contributed by atoms with Crippen LogP contribution in [0.25, 0.3) is 5.76 Å². The third-order valence-corrected chi connectivity index (χ3v) is 9.54. The van der Waals surface area contributed by atoms with Crippen LogP contribution in [0.2, 0.25) is 0 Å². The number of aryl methyl sites for hydroxylation is 2. The molecule has 9 nitrogen and oxygen atoms in total. The Morgan fingerprint density at radius 2 is 1.59 bits per heavy atom. The molecule has 1 fully saturated rings. The van der Waals surface area contributed by atoms with Gasteiger partial charge in [0.05, 0.1) is 29.3 Å². The summed E-state index contributed by atoms with van der Waals surface area (Å²) < 4.78 is 17.7. The van der Waals surface area contributed by atoms with Gasteiger partial charge in [0.2, 0.25) is 0 Å². The van der Waals surface area contributed by atoms with Gasteiger partial charge >= 0.3 is 5.91 Å². The highest BCUT2D eigenvalue weighted by Crippen LogP contribution is 2.45. The van der Waals surface area contributed by atoms with Crippen molar-refractivity contribution in [1.29, 1.82) is 0 Å². The number of carbonyl (C=O) groups is 3. The minimum atomic E-state index is -1.08. The molecular weight excluding hydrogens is 641 g/mol. The topological polar surface area (TPSA) is 115 Å². The summed E-state index contributed by atoms with van der Waals surface area (Å²) in [5.41, 5.74) is 4.23. The highest BCUT2D eigenvalue weighted by molar-refractivity contribution is 7.18. The predicted molar refractivity (Wildman–Crippen MR) is 187 cm³/mol. The van der Waals surface area contributed by atoms with Crippen molar-refractivity contribution >= 4 is 39.7 Å². The molecule has 0 spiro atoms. The lowest BCUT2D eigenvalue weighted by Gasteiger charge is -2.24. The second kappa shape index (κ2) is 14.2. The van der Waals surface area contributed by atoms with Crippen LogP contribution in [0.5, 0.6) is 17.2 Å². The van der Waals surface area contributed by atoms with Gasteiger partial charge in [0.1, 0.15) is 24.7 Å². The van der Waals surface area contributed by atoms with E-state index in [1.165, 1.54) is 18.9 Å². The SMILES string of the molecule is COc1cc(C2C(=C(O)c3ccc(OCc4ccccc4C)cc3)C(=O)C(=O)N2c2nc(C)c(C(C)=O)s2)ccc1OCc1ccccc1. The lowest BCUT2D eigenvalue weighted by molar-refractivity contribution is -0.132. The van der Waals surface area contributed by atoms with Crippen molar-refractivity contribution in [3.8, 4) is 17.2 Å². The van der Waals surface area contributed by atoms with Crippen LogP contribution in [0, 0.1) is 13.8 Å². The Bertz CT molecular complexity index is 2070. The number of ether oxygens (including phenoxy) is 3. The van der Waals surface area contributed by atoms with Crippen LogP contribution in [-0.4, -0.2) is 34.7 Å². The van der Waals surface area contributed by atoms with Gasteiger partial charge in [-0.25, -0.2) is 4.98 Å². The summed E-state index contributed by atoms with van der Waals surface area (Å²) in [5.74, 6) is -0.936. The van der Waals surface area contributed by atoms with E-state index in [9.17, 15) is 19.5 Å². The fourth-order valence-electron chi connectivity index (χ4n) is 5.66. The highest BCUT2D eigenvalue weighted by Gasteiger charge is 2.48. The molecular formula is C39H34N2O7S. The first-order chi connectivity index (χ1) is 23.7. The number of aliphatic hydroxyl groups is 1. The number of methoxy groups -OCH3 is 1. The number of Topliss-reactive ketones (excluding diaryl/α,β-unsaturated/α-hetero) is 2. The van der Waals surface area contributed by atoms with Crippen LogP contribution in [0.15, 0.2) is 103 Å². The quantitative estimate of drug-likeness (QED) is 0.0655. The highest BCUT2D eigenvalue weighted by atomic mass is 32.1. The Hall–Kier alpha value is -5.74. The van der Waals surface area contributed by atoms with Crippen LogP contribution in [0.1, 0.15) is 56.1 Å². The number of anilines is 1. The van der Waals surface area contributed by atoms with Gasteiger partial charge in [-0.2, -0.15) is 0 Å². The van der Waals surface area contributed by atoms with Crippen LogP contribution < -0.4 is 19.1 Å². The van der Waals surface area contributed by atoms with E-state index in [0.29, 0.717) is 52.2 Å². The lowest BCUT2D eigenvalue weighted by atomic mass is 9.95. The van der Waals surface area contributed by atoms with Gasteiger partial charge in [-0.3, -0.25) is 19.3 Å². The molecule has 1 saturated heterocycles. The molecule has 4 aromatic carbocycles. The van der Waals surface area contributed by atoms with Gasteiger partial charge in [-0.05, 0) is 72.5 Å². The van der Waals surface area contributed by atoms with E-state index in [-0.39, 0.29) is 22.2 Å². The van der Waals surface area contributed by atoms with Gasteiger partial charge in [0.25, 0.3) is 5.78 Å². The summed E-state index contributed by atoms with van der Waals surface area (Å²) in [6.07, 6.45) is 0. The van der Waals surface area contributed by atoms with Crippen LogP contribution in [0.3, 0.4) is 0 Å². The number of amides is 1. The maximum atomic E-state index is 13.8. The second-order valence-electron chi connectivity index (χ2n) is 11.6. The zero-order chi connectivity index (χ0) is 34.7. The molecule has 10 heteroatoms. The summed E-state index contributed by atoms with van der Waals surface area (Å²) in [4.78, 5) is 45.9. The van der Waals surface area contributed by atoms with E-state index in [0.717, 1.165) is 28.0 Å². The van der Waals surface area contributed by atoms with Gasteiger partial charge < -0.3 is 19.3 Å². The van der Waals surface area contributed by atoms with Crippen LogP contribution in [-0.2, 0) is 22.8 Å². The molecule has 1 atom stereocenters. The molecule has 0 bridgehead atoms. The smallest absolute Gasteiger partial charge is 0.301 e. The molecule has 1 unspecified atom stereocenters. The van der Waals surface area contributed by atoms with E-state index in [4.69, 9.17) is 14.2 Å². The minimum Gasteiger partial charge on any atom is -0.507 e. The first kappa shape index (κ1) is 33.2. The number of aromatic nitrogens is 1. The summed E-state index contributed by atoms with van der Waals surface area (Å²) in [6.45, 7) is 5.77. The summed E-state index contributed by atoms with van der Waals surface area (Å²) in [6, 6.07) is 28.3. The van der Waals surface area contributed by atoms with Crippen molar-refractivity contribution in [1.82, 2.24) is 4.98 Å². The minimum absolute atomic E-state index is 0.129. The lowest BCUT2D eigenvalue weighted by Crippen LogP contribution is -2.29. The molecule has 0 radical (unpaired) electrons. The summed E-state index contributed by atoms with van der Waals surface area (Å²) in [5, 5.41) is 11.9. The van der Waals surface area contributed by atoms with Gasteiger partial charge in [-0.15, -0.1) is 0 Å². The molecule has 6 rings (SSSR count).